The van der Waals surface area contributed by atoms with Crippen molar-refractivity contribution < 1.29 is 9.47 Å². The van der Waals surface area contributed by atoms with Gasteiger partial charge < -0.3 is 9.47 Å². The first kappa shape index (κ1) is 13.4. The summed E-state index contributed by atoms with van der Waals surface area (Å²) < 4.78 is 11.0. The van der Waals surface area contributed by atoms with E-state index in [1.165, 1.54) is 12.8 Å². The average Bonchev–Trinajstić information content (AvgIpc) is 3.08. The molecule has 0 bridgehead atoms. The summed E-state index contributed by atoms with van der Waals surface area (Å²) in [5.41, 5.74) is 0. The molecule has 0 radical (unpaired) electrons. The van der Waals surface area contributed by atoms with Crippen LogP contribution in [0.15, 0.2) is 0 Å². The smallest absolute Gasteiger partial charge is 0.170 e. The lowest BCUT2D eigenvalue weighted by Crippen LogP contribution is -2.37. The molecule has 1 rings (SSSR count). The van der Waals surface area contributed by atoms with Crippen molar-refractivity contribution in [3.8, 4) is 6.07 Å². The monoisotopic (exact) mass is 226 g/mol. The summed E-state index contributed by atoms with van der Waals surface area (Å²) >= 11 is 0. The Morgan fingerprint density at radius 2 is 1.94 bits per heavy atom. The molecule has 0 unspecified atom stereocenters. The number of nitrogens with zero attached hydrogens (tertiary/aromatic N) is 2. The van der Waals surface area contributed by atoms with Crippen LogP contribution in [0.1, 0.15) is 33.1 Å². The van der Waals surface area contributed by atoms with Gasteiger partial charge in [0, 0.05) is 38.8 Å². The van der Waals surface area contributed by atoms with Crippen LogP contribution >= 0.6 is 0 Å². The minimum Gasteiger partial charge on any atom is -0.352 e. The molecule has 0 atom stereocenters. The third-order valence-corrected chi connectivity index (χ3v) is 2.66. The predicted molar refractivity (Wildman–Crippen MR) is 61.9 cm³/mol. The van der Waals surface area contributed by atoms with Crippen molar-refractivity contribution in [1.29, 1.82) is 5.26 Å². The van der Waals surface area contributed by atoms with Gasteiger partial charge in [0.05, 0.1) is 6.07 Å². The molecule has 0 spiro atoms. The second-order valence-electron chi connectivity index (χ2n) is 3.97. The molecule has 0 heterocycles. The van der Waals surface area contributed by atoms with Crippen LogP contribution in [-0.2, 0) is 9.47 Å². The van der Waals surface area contributed by atoms with Gasteiger partial charge in [-0.25, -0.2) is 0 Å². The fraction of sp³-hybridized carbons (Fsp3) is 0.917. The first-order valence-electron chi connectivity index (χ1n) is 6.16. The van der Waals surface area contributed by atoms with Crippen LogP contribution < -0.4 is 0 Å². The van der Waals surface area contributed by atoms with Gasteiger partial charge in [0.15, 0.2) is 6.29 Å². The zero-order valence-corrected chi connectivity index (χ0v) is 10.3. The highest BCUT2D eigenvalue weighted by Gasteiger charge is 2.30. The third kappa shape index (κ3) is 4.93. The van der Waals surface area contributed by atoms with Crippen LogP contribution in [-0.4, -0.2) is 43.5 Å². The Balaban J connectivity index is 2.34. The maximum Gasteiger partial charge on any atom is 0.170 e. The molecule has 0 aromatic heterocycles. The Hall–Kier alpha value is -0.630. The molecular formula is C12H22N2O2. The van der Waals surface area contributed by atoms with E-state index in [1.54, 1.807) is 0 Å². The molecule has 0 N–H and O–H groups in total. The molecule has 1 saturated carbocycles. The minimum absolute atomic E-state index is 0.144. The van der Waals surface area contributed by atoms with E-state index in [0.29, 0.717) is 25.7 Å². The molecular weight excluding hydrogens is 204 g/mol. The molecule has 4 heteroatoms. The zero-order chi connectivity index (χ0) is 11.8. The summed E-state index contributed by atoms with van der Waals surface area (Å²) in [5.74, 6) is 0. The number of nitriles is 1. The van der Waals surface area contributed by atoms with E-state index in [4.69, 9.17) is 14.7 Å². The van der Waals surface area contributed by atoms with E-state index in [1.807, 2.05) is 13.8 Å². The first-order valence-corrected chi connectivity index (χ1v) is 6.16. The molecule has 4 nitrogen and oxygen atoms in total. The summed E-state index contributed by atoms with van der Waals surface area (Å²) in [5, 5.41) is 8.62. The maximum atomic E-state index is 8.62. The number of ether oxygens (including phenoxy) is 2. The van der Waals surface area contributed by atoms with Crippen molar-refractivity contribution in [3.63, 3.8) is 0 Å². The Kier molecular flexibility index (Phi) is 6.39. The van der Waals surface area contributed by atoms with Crippen molar-refractivity contribution in [1.82, 2.24) is 4.90 Å². The summed E-state index contributed by atoms with van der Waals surface area (Å²) in [6.45, 7) is 6.90. The highest BCUT2D eigenvalue weighted by atomic mass is 16.7. The van der Waals surface area contributed by atoms with Crippen molar-refractivity contribution in [2.45, 2.75) is 45.4 Å². The van der Waals surface area contributed by atoms with Gasteiger partial charge in [0.25, 0.3) is 0 Å². The highest BCUT2D eigenvalue weighted by molar-refractivity contribution is 4.86. The lowest BCUT2D eigenvalue weighted by Gasteiger charge is -2.26. The van der Waals surface area contributed by atoms with Gasteiger partial charge in [-0.15, -0.1) is 0 Å². The number of hydrogen-bond donors (Lipinski definition) is 0. The van der Waals surface area contributed by atoms with Gasteiger partial charge >= 0.3 is 0 Å². The second kappa shape index (κ2) is 7.61. The molecule has 0 aliphatic heterocycles. The molecule has 92 valence electrons. The summed E-state index contributed by atoms with van der Waals surface area (Å²) in [6, 6.07) is 2.84. The normalized spacial score (nSPS) is 15.7. The lowest BCUT2D eigenvalue weighted by atomic mass is 10.3. The molecule has 16 heavy (non-hydrogen) atoms. The minimum atomic E-state index is -0.144. The fourth-order valence-electron chi connectivity index (χ4n) is 1.77. The molecule has 1 aliphatic carbocycles. The van der Waals surface area contributed by atoms with Gasteiger partial charge in [0.1, 0.15) is 0 Å². The van der Waals surface area contributed by atoms with Crippen LogP contribution in [0.3, 0.4) is 0 Å². The molecule has 1 fully saturated rings. The lowest BCUT2D eigenvalue weighted by molar-refractivity contribution is -0.147. The molecule has 0 aromatic carbocycles. The largest absolute Gasteiger partial charge is 0.352 e. The standard InChI is InChI=1S/C12H22N2O2/c1-3-15-12(16-4-2)10-14(9-5-8-13)11-6-7-11/h11-12H,3-7,9-10H2,1-2H3. The van der Waals surface area contributed by atoms with Crippen molar-refractivity contribution in [2.24, 2.45) is 0 Å². The van der Waals surface area contributed by atoms with Crippen molar-refractivity contribution in [3.05, 3.63) is 0 Å². The van der Waals surface area contributed by atoms with E-state index in [0.717, 1.165) is 13.1 Å². The van der Waals surface area contributed by atoms with Crippen molar-refractivity contribution in [2.75, 3.05) is 26.3 Å². The average molecular weight is 226 g/mol. The summed E-state index contributed by atoms with van der Waals surface area (Å²) in [6.07, 6.45) is 2.93. The third-order valence-electron chi connectivity index (χ3n) is 2.66. The van der Waals surface area contributed by atoms with E-state index in [9.17, 15) is 0 Å². The topological polar surface area (TPSA) is 45.5 Å². The molecule has 0 amide bonds. The van der Waals surface area contributed by atoms with Gasteiger partial charge in [-0.05, 0) is 26.7 Å². The van der Waals surface area contributed by atoms with Gasteiger partial charge in [-0.2, -0.15) is 5.26 Å². The zero-order valence-electron chi connectivity index (χ0n) is 10.3. The van der Waals surface area contributed by atoms with Crippen LogP contribution in [0.5, 0.6) is 0 Å². The highest BCUT2D eigenvalue weighted by Crippen LogP contribution is 2.27. The maximum absolute atomic E-state index is 8.62. The second-order valence-corrected chi connectivity index (χ2v) is 3.97. The quantitative estimate of drug-likeness (QED) is 0.562. The predicted octanol–water partition coefficient (Wildman–Crippen LogP) is 1.76. The summed E-state index contributed by atoms with van der Waals surface area (Å²) in [4.78, 5) is 2.32. The van der Waals surface area contributed by atoms with Gasteiger partial charge in [-0.3, -0.25) is 4.90 Å². The van der Waals surface area contributed by atoms with E-state index in [2.05, 4.69) is 11.0 Å². The molecule has 1 aliphatic rings. The van der Waals surface area contributed by atoms with Crippen LogP contribution in [0, 0.1) is 11.3 Å². The molecule has 0 aromatic rings. The van der Waals surface area contributed by atoms with E-state index < -0.39 is 0 Å². The summed E-state index contributed by atoms with van der Waals surface area (Å²) in [7, 11) is 0. The van der Waals surface area contributed by atoms with Crippen molar-refractivity contribution >= 4 is 0 Å². The van der Waals surface area contributed by atoms with E-state index >= 15 is 0 Å². The van der Waals surface area contributed by atoms with E-state index in [-0.39, 0.29) is 6.29 Å². The van der Waals surface area contributed by atoms with Gasteiger partial charge in [0.2, 0.25) is 0 Å². The Bertz CT molecular complexity index is 218. The fourth-order valence-corrected chi connectivity index (χ4v) is 1.77. The Morgan fingerprint density at radius 3 is 2.38 bits per heavy atom. The Morgan fingerprint density at radius 1 is 1.31 bits per heavy atom. The number of rotatable bonds is 9. The molecule has 0 saturated heterocycles. The first-order chi connectivity index (χ1) is 7.81. The van der Waals surface area contributed by atoms with Crippen LogP contribution in [0.4, 0.5) is 0 Å². The van der Waals surface area contributed by atoms with Gasteiger partial charge in [-0.1, -0.05) is 0 Å². The van der Waals surface area contributed by atoms with Crippen LogP contribution in [0.25, 0.3) is 0 Å². The number of hydrogen-bond acceptors (Lipinski definition) is 4. The Labute approximate surface area is 98.1 Å². The van der Waals surface area contributed by atoms with Crippen LogP contribution in [0.2, 0.25) is 0 Å². The SMILES string of the molecule is CCOC(CN(CCC#N)C1CC1)OCC.